The van der Waals surface area contributed by atoms with E-state index in [1.165, 1.54) is 17.0 Å². The van der Waals surface area contributed by atoms with Crippen LogP contribution in [0.4, 0.5) is 4.39 Å². The van der Waals surface area contributed by atoms with E-state index in [9.17, 15) is 19.1 Å². The minimum Gasteiger partial charge on any atom is -0.480 e. The lowest BCUT2D eigenvalue weighted by atomic mass is 9.91. The maximum Gasteiger partial charge on any atom is 0.326 e. The maximum absolute atomic E-state index is 14.0. The molecule has 5 nitrogen and oxygen atoms in total. The number of halogens is 1. The number of carboxylic acids is 1. The predicted octanol–water partition coefficient (Wildman–Crippen LogP) is 4.48. The zero-order valence-corrected chi connectivity index (χ0v) is 17.7. The molecule has 1 aliphatic rings. The van der Waals surface area contributed by atoms with E-state index in [0.717, 1.165) is 35.0 Å². The third kappa shape index (κ3) is 3.99. The van der Waals surface area contributed by atoms with Crippen molar-refractivity contribution in [3.8, 4) is 0 Å². The molecule has 0 aliphatic heterocycles. The summed E-state index contributed by atoms with van der Waals surface area (Å²) in [5.74, 6) is -1.21. The van der Waals surface area contributed by atoms with Crippen LogP contribution < -0.4 is 5.32 Å². The molecule has 1 unspecified atom stereocenters. The van der Waals surface area contributed by atoms with Gasteiger partial charge in [-0.2, -0.15) is 0 Å². The number of nitrogens with zero attached hydrogens (tertiary/aromatic N) is 1. The first kappa shape index (κ1) is 20.6. The first-order chi connectivity index (χ1) is 14.5. The lowest BCUT2D eigenvalue weighted by Crippen LogP contribution is -2.39. The van der Waals surface area contributed by atoms with Crippen LogP contribution in [-0.2, 0) is 28.9 Å². The lowest BCUT2D eigenvalue weighted by molar-refractivity contribution is -0.141. The van der Waals surface area contributed by atoms with Crippen molar-refractivity contribution in [2.75, 3.05) is 0 Å². The Morgan fingerprint density at radius 1 is 1.37 bits per heavy atom. The van der Waals surface area contributed by atoms with E-state index >= 15 is 0 Å². The number of carbonyl (C=O) groups excluding carboxylic acids is 1. The molecule has 30 heavy (non-hydrogen) atoms. The SMILES string of the molecule is CCC(C(=O)O)n1c2c(c3cc(F)ccc31)C[C@@H](NC(=O)CCc1cccs1)CC2. The normalized spacial score (nSPS) is 16.9. The molecular weight excluding hydrogens is 403 g/mol. The second-order valence-electron chi connectivity index (χ2n) is 7.81. The van der Waals surface area contributed by atoms with Gasteiger partial charge in [-0.15, -0.1) is 11.3 Å². The van der Waals surface area contributed by atoms with E-state index < -0.39 is 12.0 Å². The van der Waals surface area contributed by atoms with Gasteiger partial charge in [0.05, 0.1) is 0 Å². The van der Waals surface area contributed by atoms with Gasteiger partial charge in [0.1, 0.15) is 11.9 Å². The molecule has 1 aromatic carbocycles. The van der Waals surface area contributed by atoms with Crippen LogP contribution in [0.15, 0.2) is 35.7 Å². The number of aliphatic carboxylic acids is 1. The summed E-state index contributed by atoms with van der Waals surface area (Å²) in [7, 11) is 0. The molecule has 0 spiro atoms. The zero-order valence-electron chi connectivity index (χ0n) is 16.9. The fraction of sp³-hybridized carbons (Fsp3) is 0.391. The Hall–Kier alpha value is -2.67. The van der Waals surface area contributed by atoms with E-state index in [0.29, 0.717) is 25.7 Å². The third-order valence-electron chi connectivity index (χ3n) is 5.89. The van der Waals surface area contributed by atoms with Crippen LogP contribution >= 0.6 is 11.3 Å². The van der Waals surface area contributed by atoms with Gasteiger partial charge >= 0.3 is 5.97 Å². The molecule has 1 amide bonds. The number of benzene rings is 1. The molecule has 0 saturated heterocycles. The van der Waals surface area contributed by atoms with Gasteiger partial charge < -0.3 is 15.0 Å². The van der Waals surface area contributed by atoms with Gasteiger partial charge in [0.15, 0.2) is 0 Å². The number of fused-ring (bicyclic) bond motifs is 3. The Balaban J connectivity index is 1.58. The monoisotopic (exact) mass is 428 g/mol. The summed E-state index contributed by atoms with van der Waals surface area (Å²) in [6.07, 6.45) is 3.60. The predicted molar refractivity (Wildman–Crippen MR) is 115 cm³/mol. The Bertz CT molecular complexity index is 1070. The molecule has 0 radical (unpaired) electrons. The summed E-state index contributed by atoms with van der Waals surface area (Å²) in [6.45, 7) is 1.85. The van der Waals surface area contributed by atoms with Crippen LogP contribution in [0.2, 0.25) is 0 Å². The summed E-state index contributed by atoms with van der Waals surface area (Å²) in [4.78, 5) is 25.5. The Morgan fingerprint density at radius 2 is 2.20 bits per heavy atom. The van der Waals surface area contributed by atoms with Crippen molar-refractivity contribution in [2.24, 2.45) is 0 Å². The molecule has 2 N–H and O–H groups in total. The highest BCUT2D eigenvalue weighted by Gasteiger charge is 2.30. The van der Waals surface area contributed by atoms with Crippen LogP contribution in [0.25, 0.3) is 10.9 Å². The third-order valence-corrected chi connectivity index (χ3v) is 6.83. The molecule has 3 aromatic rings. The molecule has 2 atom stereocenters. The maximum atomic E-state index is 14.0. The highest BCUT2D eigenvalue weighted by Crippen LogP contribution is 2.36. The average Bonchev–Trinajstić information content (AvgIpc) is 3.34. The number of carboxylic acid groups (broad SMARTS) is 1. The van der Waals surface area contributed by atoms with Gasteiger partial charge in [0.2, 0.25) is 5.91 Å². The highest BCUT2D eigenvalue weighted by atomic mass is 32.1. The molecule has 0 saturated carbocycles. The summed E-state index contributed by atoms with van der Waals surface area (Å²) in [5, 5.41) is 15.6. The first-order valence-corrected chi connectivity index (χ1v) is 11.2. The second-order valence-corrected chi connectivity index (χ2v) is 8.84. The fourth-order valence-electron chi connectivity index (χ4n) is 4.50. The van der Waals surface area contributed by atoms with E-state index in [2.05, 4.69) is 5.32 Å². The molecule has 7 heteroatoms. The van der Waals surface area contributed by atoms with Gasteiger partial charge in [-0.05, 0) is 67.3 Å². The molecule has 0 fully saturated rings. The number of rotatable bonds is 7. The number of hydrogen-bond acceptors (Lipinski definition) is 3. The Morgan fingerprint density at radius 3 is 2.90 bits per heavy atom. The van der Waals surface area contributed by atoms with E-state index in [-0.39, 0.29) is 17.8 Å². The van der Waals surface area contributed by atoms with E-state index in [1.54, 1.807) is 17.4 Å². The minimum atomic E-state index is -0.884. The number of aromatic nitrogens is 1. The fourth-order valence-corrected chi connectivity index (χ4v) is 5.21. The first-order valence-electron chi connectivity index (χ1n) is 10.3. The number of aryl methyl sites for hydroxylation is 1. The van der Waals surface area contributed by atoms with Gasteiger partial charge in [-0.3, -0.25) is 4.79 Å². The number of amides is 1. The number of nitrogens with one attached hydrogen (secondary N) is 1. The standard InChI is InChI=1S/C23H25FN2O3S/c1-2-19(23(28)29)26-20-8-5-14(24)12-17(20)18-13-15(6-9-21(18)26)25-22(27)10-7-16-4-3-11-30-16/h3-5,8,11-12,15,19H,2,6-7,9-10,13H2,1H3,(H,25,27)(H,28,29)/t15-,19?/m0/s1. The van der Waals surface area contributed by atoms with Crippen molar-refractivity contribution in [3.05, 3.63) is 57.7 Å². The Kier molecular flexibility index (Phi) is 5.90. The quantitative estimate of drug-likeness (QED) is 0.583. The molecule has 4 rings (SSSR count). The number of hydrogen-bond donors (Lipinski definition) is 2. The summed E-state index contributed by atoms with van der Waals surface area (Å²) in [6, 6.07) is 7.84. The van der Waals surface area contributed by atoms with E-state index in [1.807, 2.05) is 29.0 Å². The van der Waals surface area contributed by atoms with Crippen LogP contribution in [0.3, 0.4) is 0 Å². The van der Waals surface area contributed by atoms with Crippen molar-refractivity contribution in [1.29, 1.82) is 0 Å². The lowest BCUT2D eigenvalue weighted by Gasteiger charge is -2.26. The average molecular weight is 429 g/mol. The molecule has 0 bridgehead atoms. The van der Waals surface area contributed by atoms with Gasteiger partial charge in [-0.1, -0.05) is 13.0 Å². The van der Waals surface area contributed by atoms with Crippen molar-refractivity contribution in [3.63, 3.8) is 0 Å². The van der Waals surface area contributed by atoms with Crippen LogP contribution in [0, 0.1) is 5.82 Å². The molecule has 1 aliphatic carbocycles. The van der Waals surface area contributed by atoms with Crippen molar-refractivity contribution in [2.45, 2.75) is 57.5 Å². The molecular formula is C23H25FN2O3S. The van der Waals surface area contributed by atoms with Crippen LogP contribution in [0.5, 0.6) is 0 Å². The summed E-state index contributed by atoms with van der Waals surface area (Å²) in [5.41, 5.74) is 2.66. The van der Waals surface area contributed by atoms with Crippen molar-refractivity contribution >= 4 is 34.1 Å². The smallest absolute Gasteiger partial charge is 0.326 e. The summed E-state index contributed by atoms with van der Waals surface area (Å²) >= 11 is 1.65. The van der Waals surface area contributed by atoms with E-state index in [4.69, 9.17) is 0 Å². The zero-order chi connectivity index (χ0) is 21.3. The van der Waals surface area contributed by atoms with Crippen molar-refractivity contribution in [1.82, 2.24) is 9.88 Å². The molecule has 158 valence electrons. The summed E-state index contributed by atoms with van der Waals surface area (Å²) < 4.78 is 15.9. The highest BCUT2D eigenvalue weighted by molar-refractivity contribution is 7.09. The van der Waals surface area contributed by atoms with Crippen molar-refractivity contribution < 1.29 is 19.1 Å². The molecule has 2 aromatic heterocycles. The topological polar surface area (TPSA) is 71.3 Å². The number of carbonyl (C=O) groups is 2. The Labute approximate surface area is 178 Å². The van der Waals surface area contributed by atoms with Gasteiger partial charge in [0.25, 0.3) is 0 Å². The van der Waals surface area contributed by atoms with Gasteiger partial charge in [0, 0.05) is 33.9 Å². The second kappa shape index (κ2) is 8.60. The largest absolute Gasteiger partial charge is 0.480 e. The number of thiophene rings is 1. The minimum absolute atomic E-state index is 0.0174. The van der Waals surface area contributed by atoms with Crippen LogP contribution in [-0.4, -0.2) is 27.6 Å². The van der Waals surface area contributed by atoms with Crippen LogP contribution in [0.1, 0.15) is 48.4 Å². The molecule has 2 heterocycles. The van der Waals surface area contributed by atoms with Gasteiger partial charge in [-0.25, -0.2) is 9.18 Å².